The second-order valence-corrected chi connectivity index (χ2v) is 7.42. The largest absolute Gasteiger partial charge is 0.329 e. The summed E-state index contributed by atoms with van der Waals surface area (Å²) in [5.74, 6) is 0. The topological polar surface area (TPSA) is 47.3 Å². The molecular formula is C23H19Cl2N3O. The van der Waals surface area contributed by atoms with Gasteiger partial charge in [0, 0.05) is 28.0 Å². The van der Waals surface area contributed by atoms with Crippen LogP contribution in [0, 0.1) is 11.3 Å². The first-order chi connectivity index (χ1) is 14.0. The van der Waals surface area contributed by atoms with Crippen LogP contribution in [0.5, 0.6) is 0 Å². The molecule has 0 aromatic heterocycles. The van der Waals surface area contributed by atoms with Crippen molar-refractivity contribution in [2.75, 3.05) is 16.3 Å². The number of nitriles is 1. The van der Waals surface area contributed by atoms with Crippen molar-refractivity contribution < 1.29 is 4.79 Å². The van der Waals surface area contributed by atoms with E-state index in [1.54, 1.807) is 46.2 Å². The zero-order valence-corrected chi connectivity index (χ0v) is 17.3. The average Bonchev–Trinajstić information content (AvgIpc) is 3.04. The highest BCUT2D eigenvalue weighted by molar-refractivity contribution is 6.31. The summed E-state index contributed by atoms with van der Waals surface area (Å²) >= 11 is 11.8. The molecule has 1 unspecified atom stereocenters. The van der Waals surface area contributed by atoms with Crippen LogP contribution in [-0.2, 0) is 0 Å². The zero-order chi connectivity index (χ0) is 20.8. The van der Waals surface area contributed by atoms with E-state index in [0.717, 1.165) is 11.4 Å². The van der Waals surface area contributed by atoms with E-state index in [-0.39, 0.29) is 12.1 Å². The first-order valence-electron chi connectivity index (χ1n) is 9.06. The Labute approximate surface area is 180 Å². The van der Waals surface area contributed by atoms with Gasteiger partial charge in [-0.2, -0.15) is 5.26 Å². The Morgan fingerprint density at radius 3 is 1.86 bits per heavy atom. The van der Waals surface area contributed by atoms with Gasteiger partial charge in [0.2, 0.25) is 0 Å². The van der Waals surface area contributed by atoms with Crippen LogP contribution in [0.15, 0.2) is 78.9 Å². The Bertz CT molecular complexity index is 999. The van der Waals surface area contributed by atoms with Gasteiger partial charge in [-0.1, -0.05) is 41.4 Å². The second kappa shape index (κ2) is 9.47. The van der Waals surface area contributed by atoms with Gasteiger partial charge < -0.3 is 0 Å². The summed E-state index contributed by atoms with van der Waals surface area (Å²) in [5, 5.41) is 9.61. The molecule has 0 spiro atoms. The predicted molar refractivity (Wildman–Crippen MR) is 119 cm³/mol. The highest BCUT2D eigenvalue weighted by atomic mass is 35.5. The Hall–Kier alpha value is -3.00. The van der Waals surface area contributed by atoms with E-state index in [1.165, 1.54) is 0 Å². The van der Waals surface area contributed by atoms with Crippen molar-refractivity contribution in [3.05, 3.63) is 94.5 Å². The molecule has 6 heteroatoms. The van der Waals surface area contributed by atoms with Crippen molar-refractivity contribution in [2.24, 2.45) is 0 Å². The number of carbonyl (C=O) groups is 1. The molecule has 1 fully saturated rings. The summed E-state index contributed by atoms with van der Waals surface area (Å²) < 4.78 is 0. The number of hydrogen-bond donors (Lipinski definition) is 0. The smallest absolute Gasteiger partial charge is 0.292 e. The summed E-state index contributed by atoms with van der Waals surface area (Å²) in [6, 6.07) is 25.8. The molecule has 1 aliphatic rings. The number of halogens is 2. The van der Waals surface area contributed by atoms with E-state index >= 15 is 0 Å². The van der Waals surface area contributed by atoms with Gasteiger partial charge in [0.05, 0.1) is 17.7 Å². The van der Waals surface area contributed by atoms with Crippen molar-refractivity contribution in [3.8, 4) is 6.07 Å². The van der Waals surface area contributed by atoms with Crippen LogP contribution in [-0.4, -0.2) is 18.6 Å². The van der Waals surface area contributed by atoms with Crippen LogP contribution in [0.2, 0.25) is 10.0 Å². The minimum Gasteiger partial charge on any atom is -0.292 e. The molecule has 1 saturated heterocycles. The number of benzene rings is 3. The molecule has 4 rings (SSSR count). The molecule has 1 heterocycles. The van der Waals surface area contributed by atoms with Gasteiger partial charge in [-0.05, 0) is 67.6 Å². The fraction of sp³-hybridized carbons (Fsp3) is 0.130. The number of anilines is 2. The van der Waals surface area contributed by atoms with Crippen LogP contribution in [0.25, 0.3) is 0 Å². The standard InChI is InChI=1S/C16H14Cl2N2O.C7H5N/c1-11-10-19(14-6-2-12(17)3-7-14)16(21)20(11)15-8-4-13(18)5-9-15;8-6-7-4-2-1-3-5-7/h2-9,11H,10H2,1H3;1-5H. The molecule has 4 nitrogen and oxygen atoms in total. The third-order valence-corrected chi connectivity index (χ3v) is 4.97. The molecule has 0 radical (unpaired) electrons. The monoisotopic (exact) mass is 423 g/mol. The van der Waals surface area contributed by atoms with Gasteiger partial charge in [-0.25, -0.2) is 4.79 Å². The van der Waals surface area contributed by atoms with Crippen LogP contribution in [0.3, 0.4) is 0 Å². The lowest BCUT2D eigenvalue weighted by molar-refractivity contribution is 0.255. The minimum absolute atomic E-state index is 0.0351. The van der Waals surface area contributed by atoms with Gasteiger partial charge in [-0.3, -0.25) is 9.80 Å². The lowest BCUT2D eigenvalue weighted by atomic mass is 10.2. The first-order valence-corrected chi connectivity index (χ1v) is 9.82. The molecule has 0 saturated carbocycles. The normalized spacial score (nSPS) is 15.5. The summed E-state index contributed by atoms with van der Waals surface area (Å²) in [5.41, 5.74) is 2.42. The molecule has 0 bridgehead atoms. The van der Waals surface area contributed by atoms with Crippen LogP contribution >= 0.6 is 23.2 Å². The SMILES string of the molecule is CC1CN(c2ccc(Cl)cc2)C(=O)N1c1ccc(Cl)cc1.N#Cc1ccccc1. The van der Waals surface area contributed by atoms with Gasteiger partial charge in [0.25, 0.3) is 0 Å². The van der Waals surface area contributed by atoms with E-state index in [0.29, 0.717) is 22.2 Å². The maximum Gasteiger partial charge on any atom is 0.329 e. The molecule has 3 aromatic carbocycles. The Balaban J connectivity index is 0.000000252. The summed E-state index contributed by atoms with van der Waals surface area (Å²) in [6.45, 7) is 2.67. The minimum atomic E-state index is -0.0351. The second-order valence-electron chi connectivity index (χ2n) is 6.54. The first kappa shape index (κ1) is 20.7. The maximum absolute atomic E-state index is 12.7. The van der Waals surface area contributed by atoms with Crippen LogP contribution < -0.4 is 9.80 Å². The molecule has 3 aromatic rings. The van der Waals surface area contributed by atoms with E-state index in [9.17, 15) is 4.79 Å². The highest BCUT2D eigenvalue weighted by Crippen LogP contribution is 2.30. The van der Waals surface area contributed by atoms with Crippen LogP contribution in [0.4, 0.5) is 16.2 Å². The number of hydrogen-bond acceptors (Lipinski definition) is 2. The van der Waals surface area contributed by atoms with Crippen molar-refractivity contribution in [1.29, 1.82) is 5.26 Å². The van der Waals surface area contributed by atoms with Gasteiger partial charge in [0.15, 0.2) is 0 Å². The molecule has 29 heavy (non-hydrogen) atoms. The lowest BCUT2D eigenvalue weighted by Crippen LogP contribution is -2.33. The van der Waals surface area contributed by atoms with Gasteiger partial charge in [0.1, 0.15) is 0 Å². The fourth-order valence-electron chi connectivity index (χ4n) is 3.06. The molecule has 2 amide bonds. The third kappa shape index (κ3) is 5.08. The molecule has 0 aliphatic carbocycles. The molecule has 0 N–H and O–H groups in total. The Morgan fingerprint density at radius 1 is 0.862 bits per heavy atom. The Kier molecular flexibility index (Phi) is 6.77. The molecule has 1 aliphatic heterocycles. The zero-order valence-electron chi connectivity index (χ0n) is 15.8. The van der Waals surface area contributed by atoms with Crippen molar-refractivity contribution >= 4 is 40.6 Å². The van der Waals surface area contributed by atoms with Crippen molar-refractivity contribution in [3.63, 3.8) is 0 Å². The Morgan fingerprint density at radius 2 is 1.38 bits per heavy atom. The summed E-state index contributed by atoms with van der Waals surface area (Å²) in [4.78, 5) is 16.2. The molecule has 1 atom stereocenters. The quantitative estimate of drug-likeness (QED) is 0.479. The number of nitrogens with zero attached hydrogens (tertiary/aromatic N) is 3. The van der Waals surface area contributed by atoms with Crippen molar-refractivity contribution in [1.82, 2.24) is 0 Å². The fourth-order valence-corrected chi connectivity index (χ4v) is 3.31. The number of amides is 2. The number of urea groups is 1. The maximum atomic E-state index is 12.7. The number of carbonyl (C=O) groups excluding carboxylic acids is 1. The predicted octanol–water partition coefficient (Wildman–Crippen LogP) is 6.39. The van der Waals surface area contributed by atoms with E-state index in [2.05, 4.69) is 0 Å². The summed E-state index contributed by atoms with van der Waals surface area (Å²) in [7, 11) is 0. The highest BCUT2D eigenvalue weighted by Gasteiger charge is 2.36. The van der Waals surface area contributed by atoms with Crippen LogP contribution in [0.1, 0.15) is 12.5 Å². The molecular weight excluding hydrogens is 405 g/mol. The van der Waals surface area contributed by atoms with Crippen molar-refractivity contribution in [2.45, 2.75) is 13.0 Å². The van der Waals surface area contributed by atoms with E-state index in [4.69, 9.17) is 28.5 Å². The van der Waals surface area contributed by atoms with Gasteiger partial charge >= 0.3 is 6.03 Å². The number of rotatable bonds is 2. The lowest BCUT2D eigenvalue weighted by Gasteiger charge is -2.21. The third-order valence-electron chi connectivity index (χ3n) is 4.47. The van der Waals surface area contributed by atoms with Gasteiger partial charge in [-0.15, -0.1) is 0 Å². The summed E-state index contributed by atoms with van der Waals surface area (Å²) in [6.07, 6.45) is 0. The molecule has 146 valence electrons. The van der Waals surface area contributed by atoms with E-state index < -0.39 is 0 Å². The average molecular weight is 424 g/mol. The van der Waals surface area contributed by atoms with E-state index in [1.807, 2.05) is 55.5 Å².